The number of thioether (sulfide) groups is 1. The summed E-state index contributed by atoms with van der Waals surface area (Å²) in [4.78, 5) is 33.1. The van der Waals surface area contributed by atoms with Crippen molar-refractivity contribution in [3.63, 3.8) is 0 Å². The van der Waals surface area contributed by atoms with E-state index in [0.29, 0.717) is 61.5 Å². The molecule has 1 saturated heterocycles. The van der Waals surface area contributed by atoms with E-state index >= 15 is 0 Å². The summed E-state index contributed by atoms with van der Waals surface area (Å²) >= 11 is 7.88. The van der Waals surface area contributed by atoms with Crippen LogP contribution in [0, 0.1) is 0 Å². The Balaban J connectivity index is 1.41. The number of nitrogens with zero attached hydrogens (tertiary/aromatic N) is 3. The number of hydrogen-bond donors (Lipinski definition) is 2. The van der Waals surface area contributed by atoms with Gasteiger partial charge < -0.3 is 26.0 Å². The van der Waals surface area contributed by atoms with Crippen LogP contribution in [0.15, 0.2) is 30.5 Å². The molecule has 0 radical (unpaired) electrons. The average Bonchev–Trinajstić information content (AvgIpc) is 3.22. The van der Waals surface area contributed by atoms with E-state index in [9.17, 15) is 9.59 Å². The monoisotopic (exact) mass is 475 g/mol. The molecular formula is C22H26ClN5O3S. The number of rotatable bonds is 6. The minimum absolute atomic E-state index is 0.0675. The normalized spacial score (nSPS) is 17.8. The highest BCUT2D eigenvalue weighted by atomic mass is 35.5. The van der Waals surface area contributed by atoms with Crippen LogP contribution in [0.3, 0.4) is 0 Å². The summed E-state index contributed by atoms with van der Waals surface area (Å²) in [7, 11) is 0. The van der Waals surface area contributed by atoms with Gasteiger partial charge in [0.2, 0.25) is 5.91 Å². The van der Waals surface area contributed by atoms with Gasteiger partial charge >= 0.3 is 0 Å². The number of ether oxygens (including phenoxy) is 1. The van der Waals surface area contributed by atoms with Crippen LogP contribution in [-0.4, -0.2) is 76.9 Å². The van der Waals surface area contributed by atoms with Gasteiger partial charge in [-0.3, -0.25) is 9.59 Å². The molecule has 10 heteroatoms. The number of hydrogen-bond acceptors (Lipinski definition) is 7. The number of fused-ring (bicyclic) bond motifs is 1. The van der Waals surface area contributed by atoms with Gasteiger partial charge in [-0.2, -0.15) is 11.8 Å². The molecule has 170 valence electrons. The first-order valence-electron chi connectivity index (χ1n) is 10.5. The van der Waals surface area contributed by atoms with E-state index in [1.54, 1.807) is 17.2 Å². The van der Waals surface area contributed by atoms with Gasteiger partial charge in [0, 0.05) is 67.2 Å². The molecular weight excluding hydrogens is 450 g/mol. The molecule has 32 heavy (non-hydrogen) atoms. The summed E-state index contributed by atoms with van der Waals surface area (Å²) in [5.41, 5.74) is 13.8. The standard InChI is InChI=1S/C22H26ClN5O3S/c23-16-9-15-10-18(31-21(15)17(12-16)14-1-3-26-19(25)11-14)22(30)28-6-4-27(5-7-28)20(29)13-32-8-2-24/h1,3,9,11-12,18H,2,4-8,10,13,24H2,(H2,25,26)/t18-/m1/s1. The second-order valence-corrected chi connectivity index (χ2v) is 9.31. The lowest BCUT2D eigenvalue weighted by atomic mass is 10.0. The molecule has 4 N–H and O–H groups in total. The first-order valence-corrected chi connectivity index (χ1v) is 12.0. The molecule has 0 bridgehead atoms. The zero-order chi connectivity index (χ0) is 22.7. The van der Waals surface area contributed by atoms with Crippen LogP contribution in [0.2, 0.25) is 5.02 Å². The SMILES string of the molecule is NCCSCC(=O)N1CCN(C(=O)[C@H]2Cc3cc(Cl)cc(-c4ccnc(N)c4)c3O2)CC1. The van der Waals surface area contributed by atoms with Crippen molar-refractivity contribution in [3.8, 4) is 16.9 Å². The Morgan fingerprint density at radius 3 is 2.66 bits per heavy atom. The summed E-state index contributed by atoms with van der Waals surface area (Å²) < 4.78 is 6.14. The fourth-order valence-electron chi connectivity index (χ4n) is 4.01. The molecule has 0 saturated carbocycles. The number of halogens is 1. The van der Waals surface area contributed by atoms with Crippen LogP contribution in [0.1, 0.15) is 5.56 Å². The maximum absolute atomic E-state index is 13.2. The zero-order valence-electron chi connectivity index (χ0n) is 17.6. The zero-order valence-corrected chi connectivity index (χ0v) is 19.2. The van der Waals surface area contributed by atoms with Crippen molar-refractivity contribution in [2.45, 2.75) is 12.5 Å². The Labute approximate surface area is 196 Å². The first kappa shape index (κ1) is 22.7. The highest BCUT2D eigenvalue weighted by Gasteiger charge is 2.36. The second-order valence-electron chi connectivity index (χ2n) is 7.77. The smallest absolute Gasteiger partial charge is 0.264 e. The van der Waals surface area contributed by atoms with Gasteiger partial charge in [0.15, 0.2) is 6.10 Å². The van der Waals surface area contributed by atoms with Gasteiger partial charge in [-0.05, 0) is 29.8 Å². The van der Waals surface area contributed by atoms with Crippen molar-refractivity contribution >= 4 is 41.0 Å². The van der Waals surface area contributed by atoms with Crippen LogP contribution in [0.5, 0.6) is 5.75 Å². The molecule has 0 aliphatic carbocycles. The second kappa shape index (κ2) is 9.97. The Morgan fingerprint density at radius 2 is 1.94 bits per heavy atom. The minimum Gasteiger partial charge on any atom is -0.479 e. The number of nitrogens with two attached hydrogens (primary N) is 2. The Hall–Kier alpha value is -2.49. The van der Waals surface area contributed by atoms with Gasteiger partial charge in [-0.1, -0.05) is 11.6 Å². The number of piperazine rings is 1. The van der Waals surface area contributed by atoms with E-state index in [1.165, 1.54) is 11.8 Å². The lowest BCUT2D eigenvalue weighted by Crippen LogP contribution is -2.53. The van der Waals surface area contributed by atoms with Gasteiger partial charge in [0.05, 0.1) is 5.75 Å². The highest BCUT2D eigenvalue weighted by molar-refractivity contribution is 7.99. The molecule has 1 atom stereocenters. The topological polar surface area (TPSA) is 115 Å². The number of aromatic nitrogens is 1. The van der Waals surface area contributed by atoms with E-state index < -0.39 is 6.10 Å². The number of carbonyl (C=O) groups is 2. The third kappa shape index (κ3) is 4.95. The van der Waals surface area contributed by atoms with Gasteiger partial charge in [-0.25, -0.2) is 4.98 Å². The third-order valence-corrected chi connectivity index (χ3v) is 6.79. The first-order chi connectivity index (χ1) is 15.5. The molecule has 0 unspecified atom stereocenters. The fourth-order valence-corrected chi connectivity index (χ4v) is 4.92. The number of amides is 2. The lowest BCUT2D eigenvalue weighted by molar-refractivity contribution is -0.142. The van der Waals surface area contributed by atoms with Crippen LogP contribution < -0.4 is 16.2 Å². The summed E-state index contributed by atoms with van der Waals surface area (Å²) in [5.74, 6) is 2.27. The van der Waals surface area contributed by atoms with Crippen molar-refractivity contribution < 1.29 is 14.3 Å². The quantitative estimate of drug-likeness (QED) is 0.610. The molecule has 4 rings (SSSR count). The summed E-state index contributed by atoms with van der Waals surface area (Å²) in [6, 6.07) is 7.25. The number of pyridine rings is 1. The van der Waals surface area contributed by atoms with Crippen molar-refractivity contribution in [3.05, 3.63) is 41.0 Å². The third-order valence-electron chi connectivity index (χ3n) is 5.60. The van der Waals surface area contributed by atoms with E-state index in [-0.39, 0.29) is 11.8 Å². The Morgan fingerprint density at radius 1 is 1.19 bits per heavy atom. The average molecular weight is 476 g/mol. The predicted octanol–water partition coefficient (Wildman–Crippen LogP) is 1.65. The van der Waals surface area contributed by atoms with E-state index in [4.69, 9.17) is 27.8 Å². The molecule has 2 aliphatic rings. The van der Waals surface area contributed by atoms with E-state index in [0.717, 1.165) is 22.4 Å². The molecule has 2 amide bonds. The molecule has 0 spiro atoms. The Kier molecular flexibility index (Phi) is 7.07. The summed E-state index contributed by atoms with van der Waals surface area (Å²) in [6.07, 6.45) is 1.48. The molecule has 1 fully saturated rings. The Bertz CT molecular complexity index is 1010. The summed E-state index contributed by atoms with van der Waals surface area (Å²) in [6.45, 7) is 2.61. The molecule has 8 nitrogen and oxygen atoms in total. The largest absolute Gasteiger partial charge is 0.479 e. The number of anilines is 1. The van der Waals surface area contributed by atoms with Crippen LogP contribution >= 0.6 is 23.4 Å². The molecule has 1 aromatic heterocycles. The predicted molar refractivity (Wildman–Crippen MR) is 127 cm³/mol. The maximum atomic E-state index is 13.2. The van der Waals surface area contributed by atoms with Crippen LogP contribution in [-0.2, 0) is 16.0 Å². The van der Waals surface area contributed by atoms with Crippen LogP contribution in [0.25, 0.3) is 11.1 Å². The molecule has 3 heterocycles. The van der Waals surface area contributed by atoms with Gasteiger partial charge in [0.25, 0.3) is 5.91 Å². The molecule has 2 aromatic rings. The van der Waals surface area contributed by atoms with Crippen molar-refractivity contribution in [1.82, 2.24) is 14.8 Å². The minimum atomic E-state index is -0.608. The van der Waals surface area contributed by atoms with Crippen molar-refractivity contribution in [1.29, 1.82) is 0 Å². The van der Waals surface area contributed by atoms with Crippen LogP contribution in [0.4, 0.5) is 5.82 Å². The van der Waals surface area contributed by atoms with Crippen molar-refractivity contribution in [2.75, 3.05) is 50.0 Å². The summed E-state index contributed by atoms with van der Waals surface area (Å²) in [5, 5.41) is 0.575. The van der Waals surface area contributed by atoms with Gasteiger partial charge in [0.1, 0.15) is 11.6 Å². The number of carbonyl (C=O) groups excluding carboxylic acids is 2. The fraction of sp³-hybridized carbons (Fsp3) is 0.409. The molecule has 1 aromatic carbocycles. The molecule has 2 aliphatic heterocycles. The van der Waals surface area contributed by atoms with E-state index in [1.807, 2.05) is 23.1 Å². The van der Waals surface area contributed by atoms with Crippen molar-refractivity contribution in [2.24, 2.45) is 5.73 Å². The van der Waals surface area contributed by atoms with E-state index in [2.05, 4.69) is 4.98 Å². The van der Waals surface area contributed by atoms with Gasteiger partial charge in [-0.15, -0.1) is 0 Å². The highest BCUT2D eigenvalue weighted by Crippen LogP contribution is 2.41. The lowest BCUT2D eigenvalue weighted by Gasteiger charge is -2.35. The number of nitrogen functional groups attached to an aromatic ring is 1. The number of benzene rings is 1. The maximum Gasteiger partial charge on any atom is 0.264 e.